The molecule has 2 rings (SSSR count). The van der Waals surface area contributed by atoms with E-state index >= 15 is 0 Å². The van der Waals surface area contributed by atoms with Crippen LogP contribution in [0, 0.1) is 12.7 Å². The van der Waals surface area contributed by atoms with Gasteiger partial charge in [0.05, 0.1) is 23.7 Å². The molecule has 0 saturated heterocycles. The first-order valence-corrected chi connectivity index (χ1v) is 7.02. The molecule has 0 aliphatic rings. The first-order valence-electron chi connectivity index (χ1n) is 6.14. The van der Waals surface area contributed by atoms with Crippen LogP contribution in [-0.4, -0.2) is 16.0 Å². The maximum absolute atomic E-state index is 13.2. The maximum atomic E-state index is 13.2. The van der Waals surface area contributed by atoms with Gasteiger partial charge in [0.2, 0.25) is 5.91 Å². The predicted molar refractivity (Wildman–Crippen MR) is 74.7 cm³/mol. The number of aromatic nitrogens is 1. The molecular formula is C14H15FN2O2S. The second kappa shape index (κ2) is 6.58. The van der Waals surface area contributed by atoms with Crippen molar-refractivity contribution >= 4 is 17.2 Å². The largest absolute Gasteiger partial charge is 0.392 e. The predicted octanol–water partition coefficient (Wildman–Crippen LogP) is 1.94. The Labute approximate surface area is 120 Å². The van der Waals surface area contributed by atoms with E-state index in [9.17, 15) is 9.18 Å². The average Bonchev–Trinajstić information content (AvgIpc) is 2.83. The fourth-order valence-corrected chi connectivity index (χ4v) is 2.39. The molecule has 0 unspecified atom stereocenters. The number of benzene rings is 1. The third-order valence-corrected chi connectivity index (χ3v) is 3.60. The van der Waals surface area contributed by atoms with Crippen molar-refractivity contribution in [3.63, 3.8) is 0 Å². The highest BCUT2D eigenvalue weighted by atomic mass is 32.1. The molecule has 20 heavy (non-hydrogen) atoms. The summed E-state index contributed by atoms with van der Waals surface area (Å²) in [5.74, 6) is -0.578. The molecule has 106 valence electrons. The lowest BCUT2D eigenvalue weighted by Gasteiger charge is -2.06. The van der Waals surface area contributed by atoms with Crippen LogP contribution in [0.2, 0.25) is 0 Å². The smallest absolute Gasteiger partial charge is 0.226 e. The number of aryl methyl sites for hydroxylation is 1. The SMILES string of the molecule is Cc1nc(CC(=O)NCc2ccc(F)c(CO)c2)cs1. The van der Waals surface area contributed by atoms with Crippen LogP contribution in [0.3, 0.4) is 0 Å². The van der Waals surface area contributed by atoms with Crippen LogP contribution in [-0.2, 0) is 24.4 Å². The van der Waals surface area contributed by atoms with Crippen molar-refractivity contribution in [2.45, 2.75) is 26.5 Å². The lowest BCUT2D eigenvalue weighted by atomic mass is 10.1. The third kappa shape index (κ3) is 3.85. The zero-order chi connectivity index (χ0) is 14.5. The third-order valence-electron chi connectivity index (χ3n) is 2.78. The Kier molecular flexibility index (Phi) is 4.81. The molecule has 0 fully saturated rings. The number of carbonyl (C=O) groups is 1. The van der Waals surface area contributed by atoms with Crippen molar-refractivity contribution in [1.82, 2.24) is 10.3 Å². The molecule has 0 aliphatic heterocycles. The topological polar surface area (TPSA) is 62.2 Å². The molecule has 2 N–H and O–H groups in total. The number of amides is 1. The van der Waals surface area contributed by atoms with Gasteiger partial charge in [-0.05, 0) is 24.6 Å². The van der Waals surface area contributed by atoms with Gasteiger partial charge < -0.3 is 10.4 Å². The summed E-state index contributed by atoms with van der Waals surface area (Å²) >= 11 is 1.51. The quantitative estimate of drug-likeness (QED) is 0.886. The van der Waals surface area contributed by atoms with E-state index in [-0.39, 0.29) is 24.5 Å². The number of aliphatic hydroxyl groups excluding tert-OH is 1. The van der Waals surface area contributed by atoms with Gasteiger partial charge in [-0.1, -0.05) is 6.07 Å². The fourth-order valence-electron chi connectivity index (χ4n) is 1.78. The molecule has 6 heteroatoms. The highest BCUT2D eigenvalue weighted by Crippen LogP contribution is 2.11. The number of carbonyl (C=O) groups excluding carboxylic acids is 1. The molecule has 2 aromatic rings. The summed E-state index contributed by atoms with van der Waals surface area (Å²) in [7, 11) is 0. The molecular weight excluding hydrogens is 279 g/mol. The summed E-state index contributed by atoms with van der Waals surface area (Å²) in [6, 6.07) is 4.42. The minimum atomic E-state index is -0.444. The van der Waals surface area contributed by atoms with Crippen molar-refractivity contribution in [2.75, 3.05) is 0 Å². The summed E-state index contributed by atoms with van der Waals surface area (Å²) in [6.45, 7) is 1.84. The number of halogens is 1. The Morgan fingerprint density at radius 2 is 2.30 bits per heavy atom. The van der Waals surface area contributed by atoms with E-state index in [0.29, 0.717) is 6.54 Å². The first kappa shape index (κ1) is 14.6. The molecule has 1 aromatic heterocycles. The Hall–Kier alpha value is -1.79. The van der Waals surface area contributed by atoms with E-state index in [4.69, 9.17) is 5.11 Å². The summed E-state index contributed by atoms with van der Waals surface area (Å²) in [4.78, 5) is 16.0. The number of rotatable bonds is 5. The minimum Gasteiger partial charge on any atom is -0.392 e. The normalized spacial score (nSPS) is 10.6. The number of thiazole rings is 1. The second-order valence-electron chi connectivity index (χ2n) is 4.40. The Bertz CT molecular complexity index is 613. The van der Waals surface area contributed by atoms with Gasteiger partial charge in [0.1, 0.15) is 5.82 Å². The van der Waals surface area contributed by atoms with Crippen LogP contribution >= 0.6 is 11.3 Å². The second-order valence-corrected chi connectivity index (χ2v) is 5.46. The molecule has 0 bridgehead atoms. The van der Waals surface area contributed by atoms with E-state index < -0.39 is 5.82 Å². The highest BCUT2D eigenvalue weighted by Gasteiger charge is 2.07. The van der Waals surface area contributed by atoms with Crippen molar-refractivity contribution in [3.05, 3.63) is 51.2 Å². The summed E-state index contributed by atoms with van der Waals surface area (Å²) in [5.41, 5.74) is 1.73. The standard InChI is InChI=1S/C14H15FN2O2S/c1-9-17-12(8-20-9)5-14(19)16-6-10-2-3-13(15)11(4-10)7-18/h2-4,8,18H,5-7H2,1H3,(H,16,19). The lowest BCUT2D eigenvalue weighted by Crippen LogP contribution is -2.24. The minimum absolute atomic E-state index is 0.134. The summed E-state index contributed by atoms with van der Waals surface area (Å²) < 4.78 is 13.2. The summed E-state index contributed by atoms with van der Waals surface area (Å²) in [6.07, 6.45) is 0.235. The van der Waals surface area contributed by atoms with Gasteiger partial charge in [-0.15, -0.1) is 11.3 Å². The molecule has 0 radical (unpaired) electrons. The Balaban J connectivity index is 1.90. The van der Waals surface area contributed by atoms with Gasteiger partial charge in [0.15, 0.2) is 0 Å². The molecule has 1 amide bonds. The highest BCUT2D eigenvalue weighted by molar-refractivity contribution is 7.09. The molecule has 0 spiro atoms. The van der Waals surface area contributed by atoms with E-state index in [2.05, 4.69) is 10.3 Å². The molecule has 1 heterocycles. The van der Waals surface area contributed by atoms with Crippen LogP contribution in [0.25, 0.3) is 0 Å². The van der Waals surface area contributed by atoms with Crippen LogP contribution in [0.5, 0.6) is 0 Å². The van der Waals surface area contributed by atoms with Gasteiger partial charge >= 0.3 is 0 Å². The van der Waals surface area contributed by atoms with Crippen molar-refractivity contribution in [3.8, 4) is 0 Å². The summed E-state index contributed by atoms with van der Waals surface area (Å²) in [5, 5.41) is 14.5. The van der Waals surface area contributed by atoms with Crippen molar-refractivity contribution in [2.24, 2.45) is 0 Å². The monoisotopic (exact) mass is 294 g/mol. The zero-order valence-electron chi connectivity index (χ0n) is 11.0. The van der Waals surface area contributed by atoms with Crippen molar-refractivity contribution < 1.29 is 14.3 Å². The van der Waals surface area contributed by atoms with Crippen LogP contribution in [0.15, 0.2) is 23.6 Å². The zero-order valence-corrected chi connectivity index (χ0v) is 11.8. The maximum Gasteiger partial charge on any atom is 0.226 e. The molecule has 0 aliphatic carbocycles. The Morgan fingerprint density at radius 1 is 1.50 bits per heavy atom. The molecule has 0 atom stereocenters. The molecule has 1 aromatic carbocycles. The number of aliphatic hydroxyl groups is 1. The van der Waals surface area contributed by atoms with E-state index in [1.54, 1.807) is 12.1 Å². The van der Waals surface area contributed by atoms with Gasteiger partial charge in [0.25, 0.3) is 0 Å². The molecule has 0 saturated carbocycles. The van der Waals surface area contributed by atoms with Gasteiger partial charge in [-0.2, -0.15) is 0 Å². The number of nitrogens with zero attached hydrogens (tertiary/aromatic N) is 1. The average molecular weight is 294 g/mol. The van der Waals surface area contributed by atoms with E-state index in [1.807, 2.05) is 12.3 Å². The number of hydrogen-bond donors (Lipinski definition) is 2. The van der Waals surface area contributed by atoms with Crippen LogP contribution in [0.1, 0.15) is 21.8 Å². The van der Waals surface area contributed by atoms with Crippen LogP contribution < -0.4 is 5.32 Å². The van der Waals surface area contributed by atoms with Crippen LogP contribution in [0.4, 0.5) is 4.39 Å². The number of hydrogen-bond acceptors (Lipinski definition) is 4. The van der Waals surface area contributed by atoms with E-state index in [1.165, 1.54) is 17.4 Å². The Morgan fingerprint density at radius 3 is 2.95 bits per heavy atom. The molecule has 4 nitrogen and oxygen atoms in total. The van der Waals surface area contributed by atoms with Gasteiger partial charge in [-0.3, -0.25) is 4.79 Å². The van der Waals surface area contributed by atoms with Gasteiger partial charge in [-0.25, -0.2) is 9.37 Å². The number of nitrogens with one attached hydrogen (secondary N) is 1. The van der Waals surface area contributed by atoms with E-state index in [0.717, 1.165) is 16.3 Å². The van der Waals surface area contributed by atoms with Crippen molar-refractivity contribution in [1.29, 1.82) is 0 Å². The fraction of sp³-hybridized carbons (Fsp3) is 0.286. The van der Waals surface area contributed by atoms with Gasteiger partial charge in [0, 0.05) is 17.5 Å². The lowest BCUT2D eigenvalue weighted by molar-refractivity contribution is -0.120. The first-order chi connectivity index (χ1) is 9.58.